The molecule has 17 heavy (non-hydrogen) atoms. The highest BCUT2D eigenvalue weighted by molar-refractivity contribution is 5.88. The van der Waals surface area contributed by atoms with E-state index in [1.165, 1.54) is 18.5 Å². The summed E-state index contributed by atoms with van der Waals surface area (Å²) in [7, 11) is 0. The van der Waals surface area contributed by atoms with Crippen LogP contribution in [0.3, 0.4) is 0 Å². The minimum absolute atomic E-state index is 0.203. The first kappa shape index (κ1) is 13.3. The highest BCUT2D eigenvalue weighted by Gasteiger charge is 2.18. The van der Waals surface area contributed by atoms with Gasteiger partial charge in [0.2, 0.25) is 0 Å². The van der Waals surface area contributed by atoms with E-state index < -0.39 is 18.2 Å². The lowest BCUT2D eigenvalue weighted by Crippen LogP contribution is -2.31. The van der Waals surface area contributed by atoms with E-state index in [-0.39, 0.29) is 18.6 Å². The summed E-state index contributed by atoms with van der Waals surface area (Å²) in [6.45, 7) is -0.372. The van der Waals surface area contributed by atoms with Crippen molar-refractivity contribution in [3.8, 4) is 0 Å². The second kappa shape index (κ2) is 6.72. The molecule has 0 aliphatic heterocycles. The molecule has 1 aromatic heterocycles. The molecule has 0 radical (unpaired) electrons. The van der Waals surface area contributed by atoms with Crippen LogP contribution in [0.5, 0.6) is 0 Å². The highest BCUT2D eigenvalue weighted by atomic mass is 16.5. The zero-order valence-electron chi connectivity index (χ0n) is 9.02. The van der Waals surface area contributed by atoms with Gasteiger partial charge in [0.1, 0.15) is 19.0 Å². The largest absolute Gasteiger partial charge is 0.459 e. The monoisotopic (exact) mass is 239 g/mol. The molecule has 1 aromatic rings. The summed E-state index contributed by atoms with van der Waals surface area (Å²) >= 11 is 0. The number of pyridine rings is 1. The average Bonchev–Trinajstić information content (AvgIpc) is 2.36. The van der Waals surface area contributed by atoms with Gasteiger partial charge in [-0.15, -0.1) is 0 Å². The molecule has 0 unspecified atom stereocenters. The van der Waals surface area contributed by atoms with Crippen molar-refractivity contribution in [3.63, 3.8) is 0 Å². The van der Waals surface area contributed by atoms with Crippen LogP contribution in [-0.2, 0) is 9.53 Å². The smallest absolute Gasteiger partial charge is 0.339 e. The summed E-state index contributed by atoms with van der Waals surface area (Å²) in [5, 5.41) is 18.6. The van der Waals surface area contributed by atoms with Crippen molar-refractivity contribution < 1.29 is 24.5 Å². The number of hydrogen-bond donors (Lipinski definition) is 2. The quantitative estimate of drug-likeness (QED) is 0.515. The molecule has 0 saturated carbocycles. The van der Waals surface area contributed by atoms with E-state index in [4.69, 9.17) is 4.74 Å². The molecule has 2 atom stereocenters. The number of hydrogen-bond acceptors (Lipinski definition) is 6. The molecule has 2 N–H and O–H groups in total. The molecule has 0 amide bonds. The minimum atomic E-state index is -1.28. The summed E-state index contributed by atoms with van der Waals surface area (Å²) in [5.74, 6) is -0.643. The molecule has 0 aliphatic carbocycles. The third-order valence-electron chi connectivity index (χ3n) is 2.06. The second-order valence-electron chi connectivity index (χ2n) is 3.38. The first-order valence-corrected chi connectivity index (χ1v) is 5.02. The number of rotatable bonds is 6. The maximum absolute atomic E-state index is 11.4. The van der Waals surface area contributed by atoms with Crippen molar-refractivity contribution in [2.24, 2.45) is 0 Å². The fourth-order valence-electron chi connectivity index (χ4n) is 1.09. The van der Waals surface area contributed by atoms with E-state index in [9.17, 15) is 19.8 Å². The molecular weight excluding hydrogens is 226 g/mol. The fourth-order valence-corrected chi connectivity index (χ4v) is 1.09. The Morgan fingerprint density at radius 3 is 2.82 bits per heavy atom. The van der Waals surface area contributed by atoms with Crippen LogP contribution in [0.4, 0.5) is 0 Å². The van der Waals surface area contributed by atoms with Crippen molar-refractivity contribution in [1.29, 1.82) is 0 Å². The SMILES string of the molecule is O=CC[C@H](O)[C@H](O)COC(=O)c1cccnc1. The molecule has 1 rings (SSSR count). The Hall–Kier alpha value is -1.79. The molecule has 0 spiro atoms. The molecule has 0 saturated heterocycles. The lowest BCUT2D eigenvalue weighted by atomic mass is 10.1. The first-order chi connectivity index (χ1) is 8.15. The van der Waals surface area contributed by atoms with E-state index in [0.29, 0.717) is 6.29 Å². The van der Waals surface area contributed by atoms with Gasteiger partial charge in [-0.25, -0.2) is 4.79 Å². The number of aliphatic hydroxyl groups excluding tert-OH is 2. The van der Waals surface area contributed by atoms with E-state index >= 15 is 0 Å². The van der Waals surface area contributed by atoms with E-state index in [0.717, 1.165) is 0 Å². The number of carbonyl (C=O) groups is 2. The van der Waals surface area contributed by atoms with Crippen LogP contribution in [0.2, 0.25) is 0 Å². The van der Waals surface area contributed by atoms with E-state index in [2.05, 4.69) is 4.98 Å². The van der Waals surface area contributed by atoms with Gasteiger partial charge in [0.25, 0.3) is 0 Å². The maximum Gasteiger partial charge on any atom is 0.339 e. The Bertz CT molecular complexity index is 367. The molecular formula is C11H13NO5. The normalized spacial score (nSPS) is 13.8. The van der Waals surface area contributed by atoms with Gasteiger partial charge in [-0.2, -0.15) is 0 Å². The lowest BCUT2D eigenvalue weighted by Gasteiger charge is -2.15. The van der Waals surface area contributed by atoms with Crippen molar-refractivity contribution >= 4 is 12.3 Å². The summed E-state index contributed by atoms with van der Waals surface area (Å²) in [6.07, 6.45) is 0.619. The molecule has 6 heteroatoms. The Morgan fingerprint density at radius 1 is 1.47 bits per heavy atom. The fraction of sp³-hybridized carbons (Fsp3) is 0.364. The van der Waals surface area contributed by atoms with Crippen LogP contribution in [0.1, 0.15) is 16.8 Å². The first-order valence-electron chi connectivity index (χ1n) is 5.02. The number of esters is 1. The number of aldehydes is 1. The van der Waals surface area contributed by atoms with Gasteiger partial charge in [-0.1, -0.05) is 0 Å². The van der Waals surface area contributed by atoms with E-state index in [1.54, 1.807) is 6.07 Å². The van der Waals surface area contributed by atoms with Gasteiger partial charge in [-0.05, 0) is 12.1 Å². The summed E-state index contributed by atoms with van der Waals surface area (Å²) in [4.78, 5) is 25.2. The van der Waals surface area contributed by atoms with Crippen LogP contribution in [0.15, 0.2) is 24.5 Å². The van der Waals surface area contributed by atoms with Gasteiger partial charge in [0, 0.05) is 18.8 Å². The lowest BCUT2D eigenvalue weighted by molar-refractivity contribution is -0.111. The van der Waals surface area contributed by atoms with Crippen molar-refractivity contribution in [2.45, 2.75) is 18.6 Å². The van der Waals surface area contributed by atoms with E-state index in [1.807, 2.05) is 0 Å². The molecule has 0 fully saturated rings. The number of nitrogens with zero attached hydrogens (tertiary/aromatic N) is 1. The van der Waals surface area contributed by atoms with Crippen LogP contribution in [0, 0.1) is 0 Å². The molecule has 0 bridgehead atoms. The minimum Gasteiger partial charge on any atom is -0.459 e. The topological polar surface area (TPSA) is 96.7 Å². The Labute approximate surface area is 97.9 Å². The number of aliphatic hydroxyl groups is 2. The van der Waals surface area contributed by atoms with Gasteiger partial charge < -0.3 is 19.7 Å². The van der Waals surface area contributed by atoms with Crippen molar-refractivity contribution in [3.05, 3.63) is 30.1 Å². The zero-order chi connectivity index (χ0) is 12.7. The van der Waals surface area contributed by atoms with Crippen LogP contribution >= 0.6 is 0 Å². The highest BCUT2D eigenvalue weighted by Crippen LogP contribution is 2.02. The summed E-state index contributed by atoms with van der Waals surface area (Å²) < 4.78 is 4.75. The van der Waals surface area contributed by atoms with Gasteiger partial charge in [-0.3, -0.25) is 4.98 Å². The van der Waals surface area contributed by atoms with Gasteiger partial charge in [0.05, 0.1) is 11.7 Å². The molecule has 6 nitrogen and oxygen atoms in total. The van der Waals surface area contributed by atoms with Crippen LogP contribution in [0.25, 0.3) is 0 Å². The Kier molecular flexibility index (Phi) is 5.25. The van der Waals surface area contributed by atoms with Crippen molar-refractivity contribution in [2.75, 3.05) is 6.61 Å². The van der Waals surface area contributed by atoms with Crippen molar-refractivity contribution in [1.82, 2.24) is 4.98 Å². The summed E-state index contributed by atoms with van der Waals surface area (Å²) in [5.41, 5.74) is 0.254. The maximum atomic E-state index is 11.4. The predicted octanol–water partition coefficient (Wildman–Crippen LogP) is -0.451. The van der Waals surface area contributed by atoms with Gasteiger partial charge >= 0.3 is 5.97 Å². The third kappa shape index (κ3) is 4.29. The van der Waals surface area contributed by atoms with Crippen LogP contribution < -0.4 is 0 Å². The molecule has 0 aliphatic rings. The number of ether oxygens (including phenoxy) is 1. The van der Waals surface area contributed by atoms with Crippen LogP contribution in [-0.4, -0.2) is 46.3 Å². The Morgan fingerprint density at radius 2 is 2.24 bits per heavy atom. The predicted molar refractivity (Wildman–Crippen MR) is 57.2 cm³/mol. The van der Waals surface area contributed by atoms with Gasteiger partial charge in [0.15, 0.2) is 0 Å². The second-order valence-corrected chi connectivity index (χ2v) is 3.38. The average molecular weight is 239 g/mol. The standard InChI is InChI=1S/C11H13NO5/c13-5-3-9(14)10(15)7-17-11(16)8-2-1-4-12-6-8/h1-2,4-6,9-10,14-15H,3,7H2/t9-,10+/m0/s1. The molecule has 1 heterocycles. The summed E-state index contributed by atoms with van der Waals surface area (Å²) in [6, 6.07) is 3.10. The molecule has 0 aromatic carbocycles. The number of carbonyl (C=O) groups excluding carboxylic acids is 2. The Balaban J connectivity index is 2.41. The molecule has 92 valence electrons. The number of aromatic nitrogens is 1. The zero-order valence-corrected chi connectivity index (χ0v) is 9.02. The third-order valence-corrected chi connectivity index (χ3v) is 2.06.